The van der Waals surface area contributed by atoms with Crippen LogP contribution in [0, 0.1) is 0 Å². The summed E-state index contributed by atoms with van der Waals surface area (Å²) in [6.45, 7) is 5.29. The second-order valence-electron chi connectivity index (χ2n) is 3.97. The van der Waals surface area contributed by atoms with Gasteiger partial charge in [0, 0.05) is 13.3 Å². The van der Waals surface area contributed by atoms with Gasteiger partial charge in [-0.2, -0.15) is 0 Å². The quantitative estimate of drug-likeness (QED) is 0.363. The molecule has 1 atom stereocenters. The van der Waals surface area contributed by atoms with E-state index in [4.69, 9.17) is 4.74 Å². The summed E-state index contributed by atoms with van der Waals surface area (Å²) >= 11 is 0. The average Bonchev–Trinajstić information content (AvgIpc) is 2.16. The summed E-state index contributed by atoms with van der Waals surface area (Å²) in [6, 6.07) is 0. The Labute approximate surface area is 97.9 Å². The number of hydrogen-bond acceptors (Lipinski definition) is 3. The van der Waals surface area contributed by atoms with Crippen molar-refractivity contribution in [2.45, 2.75) is 59.0 Å². The predicted octanol–water partition coefficient (Wildman–Crippen LogP) is 3.03. The minimum absolute atomic E-state index is 0.0303. The summed E-state index contributed by atoms with van der Waals surface area (Å²) < 4.78 is 4.99. The first kappa shape index (κ1) is 14.9. The minimum Gasteiger partial charge on any atom is -0.463 e. The van der Waals surface area contributed by atoms with Gasteiger partial charge in [0.2, 0.25) is 0 Å². The van der Waals surface area contributed by atoms with Crippen LogP contribution in [0.25, 0.3) is 0 Å². The van der Waals surface area contributed by atoms with Crippen molar-refractivity contribution in [1.82, 2.24) is 0 Å². The largest absolute Gasteiger partial charge is 0.463 e. The first-order valence-electron chi connectivity index (χ1n) is 5.92. The Kier molecular flexibility index (Phi) is 8.49. The SMILES string of the molecule is CCCC(=O)/C=C/CCCC(C)OC(C)=O. The van der Waals surface area contributed by atoms with Crippen molar-refractivity contribution in [3.63, 3.8) is 0 Å². The highest BCUT2D eigenvalue weighted by molar-refractivity contribution is 5.89. The maximum atomic E-state index is 11.1. The maximum Gasteiger partial charge on any atom is 0.302 e. The van der Waals surface area contributed by atoms with Crippen molar-refractivity contribution >= 4 is 11.8 Å². The molecule has 1 unspecified atom stereocenters. The highest BCUT2D eigenvalue weighted by Crippen LogP contribution is 2.05. The van der Waals surface area contributed by atoms with E-state index < -0.39 is 0 Å². The molecular formula is C13H22O3. The number of hydrogen-bond donors (Lipinski definition) is 0. The number of esters is 1. The molecule has 0 aliphatic heterocycles. The van der Waals surface area contributed by atoms with Gasteiger partial charge in [-0.15, -0.1) is 0 Å². The van der Waals surface area contributed by atoms with Gasteiger partial charge in [0.15, 0.2) is 5.78 Å². The standard InChI is InChI=1S/C13H22O3/c1-4-8-13(15)10-7-5-6-9-11(2)16-12(3)14/h7,10-11H,4-6,8-9H2,1-3H3/b10-7+. The Morgan fingerprint density at radius 1 is 1.38 bits per heavy atom. The molecule has 3 nitrogen and oxygen atoms in total. The first-order chi connectivity index (χ1) is 7.56. The van der Waals surface area contributed by atoms with Crippen LogP contribution in [0.5, 0.6) is 0 Å². The lowest BCUT2D eigenvalue weighted by molar-refractivity contribution is -0.145. The topological polar surface area (TPSA) is 43.4 Å². The van der Waals surface area contributed by atoms with Gasteiger partial charge in [0.25, 0.3) is 0 Å². The molecule has 92 valence electrons. The molecule has 3 heteroatoms. The Morgan fingerprint density at radius 2 is 2.06 bits per heavy atom. The molecule has 0 N–H and O–H groups in total. The van der Waals surface area contributed by atoms with Crippen LogP contribution in [0.3, 0.4) is 0 Å². The first-order valence-corrected chi connectivity index (χ1v) is 5.92. The molecular weight excluding hydrogens is 204 g/mol. The van der Waals surface area contributed by atoms with E-state index in [2.05, 4.69) is 0 Å². The van der Waals surface area contributed by atoms with Gasteiger partial charge in [-0.05, 0) is 38.7 Å². The van der Waals surface area contributed by atoms with Gasteiger partial charge >= 0.3 is 5.97 Å². The van der Waals surface area contributed by atoms with E-state index in [1.165, 1.54) is 6.92 Å². The van der Waals surface area contributed by atoms with Crippen molar-refractivity contribution in [2.75, 3.05) is 0 Å². The fraction of sp³-hybridized carbons (Fsp3) is 0.692. The number of ketones is 1. The Bertz CT molecular complexity index is 244. The van der Waals surface area contributed by atoms with Crippen molar-refractivity contribution in [2.24, 2.45) is 0 Å². The number of carbonyl (C=O) groups is 2. The Morgan fingerprint density at radius 3 is 2.62 bits per heavy atom. The molecule has 0 amide bonds. The maximum absolute atomic E-state index is 11.1. The number of unbranched alkanes of at least 4 members (excludes halogenated alkanes) is 1. The van der Waals surface area contributed by atoms with Crippen molar-refractivity contribution in [1.29, 1.82) is 0 Å². The zero-order chi connectivity index (χ0) is 12.4. The van der Waals surface area contributed by atoms with E-state index in [9.17, 15) is 9.59 Å². The highest BCUT2D eigenvalue weighted by Gasteiger charge is 2.03. The Hall–Kier alpha value is -1.12. The molecule has 0 aliphatic carbocycles. The molecule has 0 fully saturated rings. The van der Waals surface area contributed by atoms with Crippen LogP contribution in [-0.2, 0) is 14.3 Å². The summed E-state index contributed by atoms with van der Waals surface area (Å²) in [7, 11) is 0. The number of ether oxygens (including phenoxy) is 1. The molecule has 0 rings (SSSR count). The average molecular weight is 226 g/mol. The third-order valence-electron chi connectivity index (χ3n) is 2.15. The lowest BCUT2D eigenvalue weighted by Gasteiger charge is -2.10. The van der Waals surface area contributed by atoms with Gasteiger partial charge in [-0.3, -0.25) is 9.59 Å². The molecule has 0 saturated heterocycles. The molecule has 0 heterocycles. The normalized spacial score (nSPS) is 12.7. The van der Waals surface area contributed by atoms with Crippen molar-refractivity contribution < 1.29 is 14.3 Å². The van der Waals surface area contributed by atoms with E-state index in [0.717, 1.165) is 25.7 Å². The van der Waals surface area contributed by atoms with Gasteiger partial charge in [-0.1, -0.05) is 13.0 Å². The molecule has 0 bridgehead atoms. The summed E-state index contributed by atoms with van der Waals surface area (Å²) in [5.74, 6) is -0.0447. The summed E-state index contributed by atoms with van der Waals surface area (Å²) in [4.78, 5) is 21.8. The molecule has 0 saturated carbocycles. The molecule has 0 radical (unpaired) electrons. The van der Waals surface area contributed by atoms with Gasteiger partial charge < -0.3 is 4.74 Å². The summed E-state index contributed by atoms with van der Waals surface area (Å²) in [6.07, 6.45) is 7.68. The highest BCUT2D eigenvalue weighted by atomic mass is 16.5. The molecule has 0 aromatic rings. The van der Waals surface area contributed by atoms with Crippen LogP contribution < -0.4 is 0 Å². The third kappa shape index (κ3) is 9.44. The van der Waals surface area contributed by atoms with Gasteiger partial charge in [-0.25, -0.2) is 0 Å². The fourth-order valence-electron chi connectivity index (χ4n) is 1.41. The fourth-order valence-corrected chi connectivity index (χ4v) is 1.41. The van der Waals surface area contributed by atoms with Gasteiger partial charge in [0.05, 0.1) is 6.10 Å². The van der Waals surface area contributed by atoms with Crippen LogP contribution in [-0.4, -0.2) is 17.9 Å². The van der Waals surface area contributed by atoms with Crippen LogP contribution in [0.15, 0.2) is 12.2 Å². The number of carbonyl (C=O) groups excluding carboxylic acids is 2. The summed E-state index contributed by atoms with van der Waals surface area (Å²) in [5, 5.41) is 0. The van der Waals surface area contributed by atoms with Gasteiger partial charge in [0.1, 0.15) is 0 Å². The van der Waals surface area contributed by atoms with Crippen LogP contribution >= 0.6 is 0 Å². The van der Waals surface area contributed by atoms with Crippen molar-refractivity contribution in [3.8, 4) is 0 Å². The van der Waals surface area contributed by atoms with E-state index in [1.54, 1.807) is 6.08 Å². The molecule has 0 aromatic carbocycles. The monoisotopic (exact) mass is 226 g/mol. The molecule has 0 spiro atoms. The van der Waals surface area contributed by atoms with Crippen LogP contribution in [0.1, 0.15) is 52.9 Å². The molecule has 0 aromatic heterocycles. The molecule has 16 heavy (non-hydrogen) atoms. The predicted molar refractivity (Wildman–Crippen MR) is 64.1 cm³/mol. The second kappa shape index (κ2) is 9.13. The lowest BCUT2D eigenvalue weighted by Crippen LogP contribution is -2.11. The van der Waals surface area contributed by atoms with Crippen molar-refractivity contribution in [3.05, 3.63) is 12.2 Å². The minimum atomic E-state index is -0.235. The zero-order valence-electron chi connectivity index (χ0n) is 10.5. The third-order valence-corrected chi connectivity index (χ3v) is 2.15. The van der Waals surface area contributed by atoms with E-state index >= 15 is 0 Å². The Balaban J connectivity index is 3.52. The lowest BCUT2D eigenvalue weighted by atomic mass is 10.1. The zero-order valence-corrected chi connectivity index (χ0v) is 10.5. The smallest absolute Gasteiger partial charge is 0.302 e. The van der Waals surface area contributed by atoms with Crippen LogP contribution in [0.4, 0.5) is 0 Å². The number of allylic oxidation sites excluding steroid dienone is 2. The van der Waals surface area contributed by atoms with E-state index in [1.807, 2.05) is 19.9 Å². The van der Waals surface area contributed by atoms with E-state index in [-0.39, 0.29) is 17.9 Å². The van der Waals surface area contributed by atoms with Crippen LogP contribution in [0.2, 0.25) is 0 Å². The molecule has 0 aliphatic rings. The second-order valence-corrected chi connectivity index (χ2v) is 3.97. The van der Waals surface area contributed by atoms with E-state index in [0.29, 0.717) is 6.42 Å². The summed E-state index contributed by atoms with van der Waals surface area (Å²) in [5.41, 5.74) is 0. The number of rotatable bonds is 8.